The third-order valence-electron chi connectivity index (χ3n) is 1.95. The maximum Gasteiger partial charge on any atom is 0.125 e. The molecule has 1 nitrogen and oxygen atoms in total. The molecule has 108 valence electrons. The Hall–Kier alpha value is 0.119. The van der Waals surface area contributed by atoms with Crippen LogP contribution in [0.4, 0.5) is 0 Å². The van der Waals surface area contributed by atoms with E-state index in [1.165, 1.54) is 38.5 Å². The predicted octanol–water partition coefficient (Wildman–Crippen LogP) is 5.72. The Labute approximate surface area is 133 Å². The summed E-state index contributed by atoms with van der Waals surface area (Å²) in [5, 5.41) is 0. The molecule has 4 radical (unpaired) electrons. The Bertz CT molecular complexity index is 126. The first-order chi connectivity index (χ1) is 8.24. The van der Waals surface area contributed by atoms with Crippen LogP contribution in [0.25, 0.3) is 0 Å². The fourth-order valence-corrected chi connectivity index (χ4v) is 0.241. The molecule has 0 aromatic heterocycles. The average Bonchev–Trinajstić information content (AvgIpc) is 2.98. The van der Waals surface area contributed by atoms with Crippen LogP contribution in [0.3, 0.4) is 0 Å². The molecule has 1 aliphatic rings. The first kappa shape index (κ1) is 26.6. The smallest absolute Gasteiger partial charge is 0.125 e. The first-order valence-corrected chi connectivity index (χ1v) is 7.25. The number of hydrogen-bond acceptors (Lipinski definition) is 1. The van der Waals surface area contributed by atoms with E-state index in [1.54, 1.807) is 6.26 Å². The summed E-state index contributed by atoms with van der Waals surface area (Å²) in [6.45, 7) is 13.8. The van der Waals surface area contributed by atoms with Crippen molar-refractivity contribution in [1.82, 2.24) is 0 Å². The van der Waals surface area contributed by atoms with Gasteiger partial charge >= 0.3 is 0 Å². The van der Waals surface area contributed by atoms with E-state index in [9.17, 15) is 0 Å². The Balaban J connectivity index is -0.0000000719. The zero-order valence-electron chi connectivity index (χ0n) is 13.5. The Kier molecular flexibility index (Phi) is 53.2. The van der Waals surface area contributed by atoms with Crippen LogP contribution in [-0.4, -0.2) is 30.5 Å². The maximum absolute atomic E-state index is 4.65. The SMILES string of the molecule is C1=CCOC=1.CCCC.CCCC.CCCC.[Sn]. The van der Waals surface area contributed by atoms with E-state index < -0.39 is 0 Å². The molecule has 0 aromatic rings. The summed E-state index contributed by atoms with van der Waals surface area (Å²) in [7, 11) is 0. The van der Waals surface area contributed by atoms with E-state index in [-0.39, 0.29) is 23.9 Å². The van der Waals surface area contributed by atoms with E-state index in [0.717, 1.165) is 0 Å². The van der Waals surface area contributed by atoms with Gasteiger partial charge in [0.15, 0.2) is 0 Å². The van der Waals surface area contributed by atoms with Crippen LogP contribution in [0, 0.1) is 0 Å². The van der Waals surface area contributed by atoms with Crippen molar-refractivity contribution in [2.24, 2.45) is 0 Å². The second-order valence-corrected chi connectivity index (χ2v) is 3.82. The van der Waals surface area contributed by atoms with E-state index in [1.807, 2.05) is 6.08 Å². The fourth-order valence-electron chi connectivity index (χ4n) is 0.241. The minimum atomic E-state index is 0. The summed E-state index contributed by atoms with van der Waals surface area (Å²) in [4.78, 5) is 0. The minimum Gasteiger partial charge on any atom is -0.488 e. The normalized spacial score (nSPS) is 9.44. The van der Waals surface area contributed by atoms with Crippen molar-refractivity contribution in [3.8, 4) is 0 Å². The van der Waals surface area contributed by atoms with Gasteiger partial charge in [0.1, 0.15) is 12.9 Å². The Morgan fingerprint density at radius 3 is 1.17 bits per heavy atom. The van der Waals surface area contributed by atoms with Crippen LogP contribution in [0.15, 0.2) is 18.1 Å². The number of ether oxygens (including phenoxy) is 1. The van der Waals surface area contributed by atoms with Gasteiger partial charge in [-0.1, -0.05) is 85.8 Å². The molecule has 0 saturated heterocycles. The van der Waals surface area contributed by atoms with Gasteiger partial charge in [0.05, 0.1) is 0 Å². The molecule has 0 unspecified atom stereocenters. The van der Waals surface area contributed by atoms with E-state index in [2.05, 4.69) is 52.0 Å². The first-order valence-electron chi connectivity index (χ1n) is 7.25. The number of hydrogen-bond donors (Lipinski definition) is 0. The molecule has 1 rings (SSSR count). The standard InChI is InChI=1S/C4H4O.3C4H10.Sn/c1-2-4-5-3-1;3*1-3-4-2;/h1,4H,3H2;3*3-4H2,1-2H3;. The van der Waals surface area contributed by atoms with E-state index >= 15 is 0 Å². The van der Waals surface area contributed by atoms with Crippen LogP contribution in [0.5, 0.6) is 0 Å². The third kappa shape index (κ3) is 55.9. The van der Waals surface area contributed by atoms with E-state index in [4.69, 9.17) is 0 Å². The molecule has 0 atom stereocenters. The monoisotopic (exact) mass is 362 g/mol. The van der Waals surface area contributed by atoms with Crippen molar-refractivity contribution in [2.75, 3.05) is 6.61 Å². The largest absolute Gasteiger partial charge is 0.488 e. The molecule has 0 bridgehead atoms. The Morgan fingerprint density at radius 1 is 0.778 bits per heavy atom. The van der Waals surface area contributed by atoms with Gasteiger partial charge in [-0.05, 0) is 6.08 Å². The minimum absolute atomic E-state index is 0. The van der Waals surface area contributed by atoms with Gasteiger partial charge in [-0.25, -0.2) is 0 Å². The van der Waals surface area contributed by atoms with Crippen LogP contribution in [-0.2, 0) is 4.74 Å². The molecular weight excluding hydrogens is 327 g/mol. The molecule has 0 saturated carbocycles. The zero-order valence-corrected chi connectivity index (χ0v) is 16.4. The van der Waals surface area contributed by atoms with Crippen molar-refractivity contribution in [2.45, 2.75) is 80.1 Å². The summed E-state index contributed by atoms with van der Waals surface area (Å²) in [6.07, 6.45) is 11.3. The summed E-state index contributed by atoms with van der Waals surface area (Å²) in [5.74, 6) is 0. The quantitative estimate of drug-likeness (QED) is 0.461. The number of unbranched alkanes of at least 4 members (excludes halogenated alkanes) is 3. The third-order valence-corrected chi connectivity index (χ3v) is 1.95. The van der Waals surface area contributed by atoms with Crippen molar-refractivity contribution in [3.05, 3.63) is 18.1 Å². The molecular formula is C16H34OSn. The predicted molar refractivity (Wildman–Crippen MR) is 86.1 cm³/mol. The van der Waals surface area contributed by atoms with Crippen LogP contribution in [0.1, 0.15) is 80.1 Å². The maximum atomic E-state index is 4.65. The molecule has 0 fully saturated rings. The van der Waals surface area contributed by atoms with Gasteiger partial charge in [0.2, 0.25) is 0 Å². The van der Waals surface area contributed by atoms with Crippen molar-refractivity contribution < 1.29 is 4.74 Å². The fraction of sp³-hybridized carbons (Fsp3) is 0.812. The average molecular weight is 361 g/mol. The van der Waals surface area contributed by atoms with Crippen LogP contribution >= 0.6 is 0 Å². The van der Waals surface area contributed by atoms with Gasteiger partial charge in [-0.3, -0.25) is 0 Å². The van der Waals surface area contributed by atoms with Crippen molar-refractivity contribution in [3.63, 3.8) is 0 Å². The van der Waals surface area contributed by atoms with Gasteiger partial charge in [0, 0.05) is 23.9 Å². The van der Waals surface area contributed by atoms with Crippen LogP contribution in [0.2, 0.25) is 0 Å². The van der Waals surface area contributed by atoms with Gasteiger partial charge in [0.25, 0.3) is 0 Å². The topological polar surface area (TPSA) is 9.23 Å². The molecule has 1 heterocycles. The summed E-state index contributed by atoms with van der Waals surface area (Å²) >= 11 is 0. The molecule has 0 N–H and O–H groups in total. The second-order valence-electron chi connectivity index (χ2n) is 3.82. The number of rotatable bonds is 3. The van der Waals surface area contributed by atoms with Gasteiger partial charge in [-0.2, -0.15) is 0 Å². The molecule has 0 amide bonds. The molecule has 0 spiro atoms. The molecule has 1 aliphatic heterocycles. The van der Waals surface area contributed by atoms with Gasteiger partial charge in [-0.15, -0.1) is 0 Å². The summed E-state index contributed by atoms with van der Waals surface area (Å²) in [6, 6.07) is 0. The van der Waals surface area contributed by atoms with Crippen molar-refractivity contribution in [1.29, 1.82) is 0 Å². The van der Waals surface area contributed by atoms with E-state index in [0.29, 0.717) is 6.61 Å². The molecule has 18 heavy (non-hydrogen) atoms. The second kappa shape index (κ2) is 36.0. The summed E-state index contributed by atoms with van der Waals surface area (Å²) < 4.78 is 4.65. The Morgan fingerprint density at radius 2 is 1.11 bits per heavy atom. The van der Waals surface area contributed by atoms with Crippen molar-refractivity contribution >= 4 is 23.9 Å². The van der Waals surface area contributed by atoms with Crippen LogP contribution < -0.4 is 0 Å². The molecule has 2 heteroatoms. The zero-order chi connectivity index (χ0) is 13.8. The van der Waals surface area contributed by atoms with Gasteiger partial charge < -0.3 is 4.74 Å². The summed E-state index contributed by atoms with van der Waals surface area (Å²) in [5.41, 5.74) is 2.75. The molecule has 0 aliphatic carbocycles. The molecule has 0 aromatic carbocycles.